The monoisotopic (exact) mass is 342 g/mol. The van der Waals surface area contributed by atoms with E-state index in [0.717, 1.165) is 5.56 Å². The van der Waals surface area contributed by atoms with Crippen molar-refractivity contribution >= 4 is 29.3 Å². The molecule has 122 valence electrons. The molecular formula is C17H14N2O4S. The first-order valence-electron chi connectivity index (χ1n) is 7.34. The third-order valence-corrected chi connectivity index (χ3v) is 4.76. The van der Waals surface area contributed by atoms with Gasteiger partial charge in [-0.3, -0.25) is 24.6 Å². The Balaban J connectivity index is 1.52. The zero-order chi connectivity index (χ0) is 17.1. The molecule has 0 saturated carbocycles. The van der Waals surface area contributed by atoms with Crippen molar-refractivity contribution < 1.29 is 14.5 Å². The van der Waals surface area contributed by atoms with Crippen molar-refractivity contribution in [2.24, 2.45) is 0 Å². The summed E-state index contributed by atoms with van der Waals surface area (Å²) in [6.07, 6.45) is 0. The highest BCUT2D eigenvalue weighted by molar-refractivity contribution is 7.98. The molecule has 24 heavy (non-hydrogen) atoms. The number of benzene rings is 2. The van der Waals surface area contributed by atoms with Crippen LogP contribution in [0.1, 0.15) is 26.3 Å². The smallest absolute Gasteiger partial charge is 0.269 e. The minimum atomic E-state index is -0.431. The predicted octanol–water partition coefficient (Wildman–Crippen LogP) is 3.12. The van der Waals surface area contributed by atoms with Gasteiger partial charge in [-0.1, -0.05) is 24.3 Å². The summed E-state index contributed by atoms with van der Waals surface area (Å²) in [6, 6.07) is 13.2. The quantitative estimate of drug-likeness (QED) is 0.349. The number of nitrogens with zero attached hydrogens (tertiary/aromatic N) is 2. The second kappa shape index (κ2) is 6.84. The number of carbonyl (C=O) groups excluding carboxylic acids is 2. The second-order valence-electron chi connectivity index (χ2n) is 5.28. The first kappa shape index (κ1) is 16.2. The Kier molecular flexibility index (Phi) is 4.61. The number of hydrogen-bond acceptors (Lipinski definition) is 5. The maximum atomic E-state index is 12.2. The molecule has 1 aliphatic heterocycles. The Morgan fingerprint density at radius 1 is 0.958 bits per heavy atom. The summed E-state index contributed by atoms with van der Waals surface area (Å²) >= 11 is 1.57. The van der Waals surface area contributed by atoms with Crippen molar-refractivity contribution in [2.75, 3.05) is 12.3 Å². The minimum absolute atomic E-state index is 0.0646. The van der Waals surface area contributed by atoms with Crippen molar-refractivity contribution in [3.63, 3.8) is 0 Å². The molecule has 1 heterocycles. The van der Waals surface area contributed by atoms with Crippen molar-refractivity contribution in [3.8, 4) is 0 Å². The predicted molar refractivity (Wildman–Crippen MR) is 91.1 cm³/mol. The van der Waals surface area contributed by atoms with Gasteiger partial charge in [-0.15, -0.1) is 0 Å². The Bertz CT molecular complexity index is 769. The molecule has 0 aromatic heterocycles. The first-order valence-corrected chi connectivity index (χ1v) is 8.49. The van der Waals surface area contributed by atoms with E-state index in [2.05, 4.69) is 0 Å². The van der Waals surface area contributed by atoms with Crippen LogP contribution in [-0.4, -0.2) is 33.9 Å². The Morgan fingerprint density at radius 2 is 1.54 bits per heavy atom. The lowest BCUT2D eigenvalue weighted by Crippen LogP contribution is -2.31. The molecule has 0 fully saturated rings. The van der Waals surface area contributed by atoms with E-state index >= 15 is 0 Å². The summed E-state index contributed by atoms with van der Waals surface area (Å²) in [5.41, 5.74) is 1.95. The number of imide groups is 1. The normalized spacial score (nSPS) is 13.2. The lowest BCUT2D eigenvalue weighted by molar-refractivity contribution is -0.384. The van der Waals surface area contributed by atoms with Crippen LogP contribution in [-0.2, 0) is 5.75 Å². The first-order chi connectivity index (χ1) is 11.6. The Morgan fingerprint density at radius 3 is 2.08 bits per heavy atom. The van der Waals surface area contributed by atoms with Crippen LogP contribution in [0.25, 0.3) is 0 Å². The topological polar surface area (TPSA) is 80.5 Å². The summed E-state index contributed by atoms with van der Waals surface area (Å²) in [4.78, 5) is 35.9. The average Bonchev–Trinajstić information content (AvgIpc) is 2.84. The lowest BCUT2D eigenvalue weighted by Gasteiger charge is -2.13. The van der Waals surface area contributed by atoms with Gasteiger partial charge in [0.25, 0.3) is 17.5 Å². The van der Waals surface area contributed by atoms with E-state index in [-0.39, 0.29) is 17.5 Å². The molecule has 2 aromatic carbocycles. The fraction of sp³-hybridized carbons (Fsp3) is 0.176. The second-order valence-corrected chi connectivity index (χ2v) is 6.39. The van der Waals surface area contributed by atoms with Gasteiger partial charge in [-0.25, -0.2) is 0 Å². The van der Waals surface area contributed by atoms with Crippen LogP contribution >= 0.6 is 11.8 Å². The number of nitro groups is 1. The SMILES string of the molecule is O=C1c2ccccc2C(=O)N1CCSCc1ccc([N+](=O)[O-])cc1. The fourth-order valence-corrected chi connectivity index (χ4v) is 3.39. The fourth-order valence-electron chi connectivity index (χ4n) is 2.50. The van der Waals surface area contributed by atoms with Gasteiger partial charge in [0.05, 0.1) is 16.1 Å². The summed E-state index contributed by atoms with van der Waals surface area (Å²) < 4.78 is 0. The number of amides is 2. The number of hydrogen-bond donors (Lipinski definition) is 0. The molecule has 2 amide bonds. The van der Waals surface area contributed by atoms with E-state index in [9.17, 15) is 19.7 Å². The molecule has 7 heteroatoms. The minimum Gasteiger partial charge on any atom is -0.274 e. The molecule has 0 atom stereocenters. The van der Waals surface area contributed by atoms with Gasteiger partial charge >= 0.3 is 0 Å². The third kappa shape index (κ3) is 3.16. The van der Waals surface area contributed by atoms with E-state index in [4.69, 9.17) is 0 Å². The van der Waals surface area contributed by atoms with Crippen molar-refractivity contribution in [1.29, 1.82) is 0 Å². The maximum Gasteiger partial charge on any atom is 0.269 e. The Hall–Kier alpha value is -2.67. The van der Waals surface area contributed by atoms with Gasteiger partial charge in [0.1, 0.15) is 0 Å². The molecule has 3 rings (SSSR count). The van der Waals surface area contributed by atoms with Crippen LogP contribution in [0.5, 0.6) is 0 Å². The van der Waals surface area contributed by atoms with E-state index in [0.29, 0.717) is 29.2 Å². The molecule has 0 N–H and O–H groups in total. The van der Waals surface area contributed by atoms with E-state index < -0.39 is 4.92 Å². The van der Waals surface area contributed by atoms with Crippen molar-refractivity contribution in [3.05, 3.63) is 75.3 Å². The van der Waals surface area contributed by atoms with Crippen molar-refractivity contribution in [1.82, 2.24) is 4.90 Å². The standard InChI is InChI=1S/C17H14N2O4S/c20-16-14-3-1-2-4-15(14)17(21)18(16)9-10-24-11-12-5-7-13(8-6-12)19(22)23/h1-8H,9-11H2. The molecule has 0 unspecified atom stereocenters. The highest BCUT2D eigenvalue weighted by Crippen LogP contribution is 2.23. The molecule has 0 bridgehead atoms. The van der Waals surface area contributed by atoms with E-state index in [1.54, 1.807) is 48.2 Å². The van der Waals surface area contributed by atoms with Crippen LogP contribution in [0.15, 0.2) is 48.5 Å². The van der Waals surface area contributed by atoms with Gasteiger partial charge in [0, 0.05) is 30.2 Å². The van der Waals surface area contributed by atoms with Gasteiger partial charge < -0.3 is 0 Å². The molecular weight excluding hydrogens is 328 g/mol. The van der Waals surface area contributed by atoms with E-state index in [1.165, 1.54) is 17.0 Å². The zero-order valence-corrected chi connectivity index (χ0v) is 13.5. The number of fused-ring (bicyclic) bond motifs is 1. The van der Waals surface area contributed by atoms with Gasteiger partial charge in [0.15, 0.2) is 0 Å². The highest BCUT2D eigenvalue weighted by Gasteiger charge is 2.34. The number of thioether (sulfide) groups is 1. The number of non-ortho nitro benzene ring substituents is 1. The number of nitro benzene ring substituents is 1. The molecule has 0 spiro atoms. The summed E-state index contributed by atoms with van der Waals surface area (Å²) in [5, 5.41) is 10.6. The van der Waals surface area contributed by atoms with Gasteiger partial charge in [-0.05, 0) is 17.7 Å². The van der Waals surface area contributed by atoms with Crippen LogP contribution in [0.3, 0.4) is 0 Å². The lowest BCUT2D eigenvalue weighted by atomic mass is 10.1. The number of carbonyl (C=O) groups is 2. The van der Waals surface area contributed by atoms with Gasteiger partial charge in [0.2, 0.25) is 0 Å². The molecule has 2 aromatic rings. The maximum absolute atomic E-state index is 12.2. The van der Waals surface area contributed by atoms with Crippen molar-refractivity contribution in [2.45, 2.75) is 5.75 Å². The molecule has 0 aliphatic carbocycles. The molecule has 6 nitrogen and oxygen atoms in total. The molecule has 1 aliphatic rings. The van der Waals surface area contributed by atoms with Crippen LogP contribution < -0.4 is 0 Å². The largest absolute Gasteiger partial charge is 0.274 e. The number of rotatable bonds is 6. The highest BCUT2D eigenvalue weighted by atomic mass is 32.2. The summed E-state index contributed by atoms with van der Waals surface area (Å²) in [7, 11) is 0. The third-order valence-electron chi connectivity index (χ3n) is 3.75. The Labute approximate surface area is 142 Å². The van der Waals surface area contributed by atoms with Crippen LogP contribution in [0, 0.1) is 10.1 Å². The molecule has 0 radical (unpaired) electrons. The van der Waals surface area contributed by atoms with Crippen LogP contribution in [0.2, 0.25) is 0 Å². The average molecular weight is 342 g/mol. The summed E-state index contributed by atoms with van der Waals surface area (Å²) in [5.74, 6) is 0.793. The summed E-state index contributed by atoms with van der Waals surface area (Å²) in [6.45, 7) is 0.351. The van der Waals surface area contributed by atoms with Crippen LogP contribution in [0.4, 0.5) is 5.69 Å². The zero-order valence-electron chi connectivity index (χ0n) is 12.7. The van der Waals surface area contributed by atoms with E-state index in [1.807, 2.05) is 0 Å². The molecule has 0 saturated heterocycles. The van der Waals surface area contributed by atoms with Gasteiger partial charge in [-0.2, -0.15) is 11.8 Å².